The van der Waals surface area contributed by atoms with Crippen molar-refractivity contribution in [3.05, 3.63) is 18.5 Å². The molecule has 5 nitrogen and oxygen atoms in total. The minimum atomic E-state index is 0.116. The first kappa shape index (κ1) is 10.3. The molecule has 3 aliphatic rings. The van der Waals surface area contributed by atoms with E-state index in [0.717, 1.165) is 50.9 Å². The number of anilines is 1. The SMILES string of the molecule is O=C(N1CCN(c2ncccn2)CC1)C12CC1C2. The van der Waals surface area contributed by atoms with Crippen LogP contribution in [-0.4, -0.2) is 47.0 Å². The first-order valence-corrected chi connectivity index (χ1v) is 6.61. The summed E-state index contributed by atoms with van der Waals surface area (Å²) >= 11 is 0. The van der Waals surface area contributed by atoms with Gasteiger partial charge in [-0.25, -0.2) is 9.97 Å². The second kappa shape index (κ2) is 3.43. The third-order valence-electron chi connectivity index (χ3n) is 4.51. The number of nitrogens with zero attached hydrogens (tertiary/aromatic N) is 4. The van der Waals surface area contributed by atoms with Crippen LogP contribution in [0.1, 0.15) is 12.8 Å². The van der Waals surface area contributed by atoms with Crippen molar-refractivity contribution >= 4 is 11.9 Å². The zero-order valence-electron chi connectivity index (χ0n) is 10.2. The van der Waals surface area contributed by atoms with Crippen molar-refractivity contribution in [1.82, 2.24) is 14.9 Å². The van der Waals surface area contributed by atoms with Gasteiger partial charge in [-0.15, -0.1) is 0 Å². The van der Waals surface area contributed by atoms with Gasteiger partial charge in [-0.2, -0.15) is 0 Å². The first-order chi connectivity index (χ1) is 8.79. The molecule has 0 radical (unpaired) electrons. The van der Waals surface area contributed by atoms with Gasteiger partial charge in [-0.3, -0.25) is 4.79 Å². The Bertz CT molecular complexity index is 475. The van der Waals surface area contributed by atoms with Crippen LogP contribution in [0.4, 0.5) is 5.95 Å². The van der Waals surface area contributed by atoms with Crippen LogP contribution < -0.4 is 4.90 Å². The summed E-state index contributed by atoms with van der Waals surface area (Å²) in [5.41, 5.74) is 0.116. The Hall–Kier alpha value is -1.65. The number of hydrogen-bond donors (Lipinski definition) is 0. The molecule has 4 rings (SSSR count). The number of carbonyl (C=O) groups is 1. The summed E-state index contributed by atoms with van der Waals surface area (Å²) in [6.07, 6.45) is 5.82. The molecule has 0 bridgehead atoms. The molecule has 0 aromatic carbocycles. The van der Waals surface area contributed by atoms with Crippen LogP contribution in [0.2, 0.25) is 0 Å². The van der Waals surface area contributed by atoms with Crippen LogP contribution in [0, 0.1) is 11.3 Å². The number of amides is 1. The monoisotopic (exact) mass is 244 g/mol. The van der Waals surface area contributed by atoms with E-state index in [2.05, 4.69) is 14.9 Å². The summed E-state index contributed by atoms with van der Waals surface area (Å²) in [6.45, 7) is 3.31. The van der Waals surface area contributed by atoms with Crippen molar-refractivity contribution in [2.75, 3.05) is 31.1 Å². The number of rotatable bonds is 2. The lowest BCUT2D eigenvalue weighted by molar-refractivity contribution is -0.135. The normalized spacial score (nSPS) is 33.0. The molecular formula is C13H16N4O. The molecule has 3 fully saturated rings. The van der Waals surface area contributed by atoms with Gasteiger partial charge in [0, 0.05) is 38.6 Å². The largest absolute Gasteiger partial charge is 0.339 e. The van der Waals surface area contributed by atoms with E-state index in [0.29, 0.717) is 5.91 Å². The van der Waals surface area contributed by atoms with Crippen molar-refractivity contribution in [1.29, 1.82) is 0 Å². The maximum absolute atomic E-state index is 12.2. The Morgan fingerprint density at radius 2 is 1.78 bits per heavy atom. The van der Waals surface area contributed by atoms with Gasteiger partial charge in [0.25, 0.3) is 0 Å². The van der Waals surface area contributed by atoms with Crippen LogP contribution in [-0.2, 0) is 4.79 Å². The van der Waals surface area contributed by atoms with Gasteiger partial charge in [0.1, 0.15) is 0 Å². The highest BCUT2D eigenvalue weighted by Gasteiger charge is 2.75. The van der Waals surface area contributed by atoms with E-state index in [1.807, 2.05) is 11.0 Å². The highest BCUT2D eigenvalue weighted by atomic mass is 16.2. The predicted molar refractivity (Wildman–Crippen MR) is 66.0 cm³/mol. The van der Waals surface area contributed by atoms with E-state index in [9.17, 15) is 4.79 Å². The summed E-state index contributed by atoms with van der Waals surface area (Å²) in [7, 11) is 0. The molecule has 0 unspecified atom stereocenters. The maximum atomic E-state index is 12.2. The molecule has 1 aromatic heterocycles. The third-order valence-corrected chi connectivity index (χ3v) is 4.51. The van der Waals surface area contributed by atoms with E-state index in [4.69, 9.17) is 0 Å². The minimum Gasteiger partial charge on any atom is -0.339 e. The van der Waals surface area contributed by atoms with Crippen molar-refractivity contribution in [2.45, 2.75) is 12.8 Å². The zero-order chi connectivity index (χ0) is 12.2. The van der Waals surface area contributed by atoms with Crippen LogP contribution in [0.3, 0.4) is 0 Å². The van der Waals surface area contributed by atoms with Gasteiger partial charge in [0.2, 0.25) is 11.9 Å². The van der Waals surface area contributed by atoms with Crippen molar-refractivity contribution in [3.63, 3.8) is 0 Å². The Kier molecular flexibility index (Phi) is 1.96. The Balaban J connectivity index is 1.39. The highest BCUT2D eigenvalue weighted by Crippen LogP contribution is 2.75. The third kappa shape index (κ3) is 1.43. The standard InChI is InChI=1S/C13H16N4O/c18-11(13-8-10(13)9-13)16-4-6-17(7-5-16)12-14-2-1-3-15-12/h1-3,10H,4-9H2. The molecule has 0 N–H and O–H groups in total. The number of aromatic nitrogens is 2. The van der Waals surface area contributed by atoms with E-state index < -0.39 is 0 Å². The summed E-state index contributed by atoms with van der Waals surface area (Å²) in [5.74, 6) is 1.92. The summed E-state index contributed by atoms with van der Waals surface area (Å²) in [4.78, 5) is 24.9. The molecule has 5 heteroatoms. The number of fused-ring (bicyclic) bond motifs is 1. The van der Waals surface area contributed by atoms with E-state index in [1.54, 1.807) is 12.4 Å². The fraction of sp³-hybridized carbons (Fsp3) is 0.615. The Morgan fingerprint density at radius 1 is 1.17 bits per heavy atom. The molecule has 1 amide bonds. The second-order valence-corrected chi connectivity index (χ2v) is 5.59. The molecule has 1 aliphatic heterocycles. The Labute approximate surface area is 106 Å². The minimum absolute atomic E-state index is 0.116. The van der Waals surface area contributed by atoms with Crippen molar-refractivity contribution < 1.29 is 4.79 Å². The van der Waals surface area contributed by atoms with Gasteiger partial charge in [0.05, 0.1) is 5.41 Å². The average molecular weight is 244 g/mol. The fourth-order valence-electron chi connectivity index (χ4n) is 2.93. The molecule has 0 spiro atoms. The van der Waals surface area contributed by atoms with Crippen LogP contribution in [0.15, 0.2) is 18.5 Å². The Morgan fingerprint density at radius 3 is 2.33 bits per heavy atom. The predicted octanol–water partition coefficient (Wildman–Crippen LogP) is 0.535. The average Bonchev–Trinajstić information content (AvgIpc) is 3.29. The van der Waals surface area contributed by atoms with Crippen LogP contribution in [0.5, 0.6) is 0 Å². The molecule has 0 atom stereocenters. The summed E-state index contributed by atoms with van der Waals surface area (Å²) in [5, 5.41) is 0. The zero-order valence-corrected chi connectivity index (χ0v) is 10.2. The molecule has 2 heterocycles. The maximum Gasteiger partial charge on any atom is 0.229 e. The number of piperazine rings is 1. The van der Waals surface area contributed by atoms with Gasteiger partial charge in [0.15, 0.2) is 0 Å². The number of hydrogen-bond acceptors (Lipinski definition) is 4. The number of carbonyl (C=O) groups excluding carboxylic acids is 1. The van der Waals surface area contributed by atoms with Crippen molar-refractivity contribution in [2.24, 2.45) is 11.3 Å². The molecule has 1 saturated heterocycles. The van der Waals surface area contributed by atoms with Gasteiger partial charge >= 0.3 is 0 Å². The first-order valence-electron chi connectivity index (χ1n) is 6.61. The van der Waals surface area contributed by atoms with Crippen LogP contribution in [0.25, 0.3) is 0 Å². The van der Waals surface area contributed by atoms with Crippen molar-refractivity contribution in [3.8, 4) is 0 Å². The summed E-state index contributed by atoms with van der Waals surface area (Å²) < 4.78 is 0. The van der Waals surface area contributed by atoms with Crippen LogP contribution >= 0.6 is 0 Å². The van der Waals surface area contributed by atoms with E-state index >= 15 is 0 Å². The molecular weight excluding hydrogens is 228 g/mol. The van der Waals surface area contributed by atoms with Gasteiger partial charge < -0.3 is 9.80 Å². The lowest BCUT2D eigenvalue weighted by Crippen LogP contribution is -2.50. The quantitative estimate of drug-likeness (QED) is 0.761. The molecule has 94 valence electrons. The fourth-order valence-corrected chi connectivity index (χ4v) is 2.93. The molecule has 18 heavy (non-hydrogen) atoms. The molecule has 1 aromatic rings. The summed E-state index contributed by atoms with van der Waals surface area (Å²) in [6, 6.07) is 1.82. The van der Waals surface area contributed by atoms with E-state index in [-0.39, 0.29) is 5.41 Å². The second-order valence-electron chi connectivity index (χ2n) is 5.59. The van der Waals surface area contributed by atoms with Gasteiger partial charge in [-0.1, -0.05) is 0 Å². The van der Waals surface area contributed by atoms with E-state index in [1.165, 1.54) is 0 Å². The lowest BCUT2D eigenvalue weighted by atomic mass is 10.1. The molecule has 2 saturated carbocycles. The smallest absolute Gasteiger partial charge is 0.229 e. The molecule has 2 aliphatic carbocycles. The topological polar surface area (TPSA) is 49.3 Å². The highest BCUT2D eigenvalue weighted by molar-refractivity contribution is 5.90. The lowest BCUT2D eigenvalue weighted by Gasteiger charge is -2.35. The van der Waals surface area contributed by atoms with Gasteiger partial charge in [-0.05, 0) is 24.8 Å².